The predicted molar refractivity (Wildman–Crippen MR) is 149 cm³/mol. The zero-order valence-corrected chi connectivity index (χ0v) is 22.5. The number of benzene rings is 3. The van der Waals surface area contributed by atoms with Crippen LogP contribution in [0.1, 0.15) is 50.2 Å². The van der Waals surface area contributed by atoms with Crippen LogP contribution in [0.4, 0.5) is 4.39 Å². The molecule has 38 heavy (non-hydrogen) atoms. The molecule has 3 aromatic carbocycles. The van der Waals surface area contributed by atoms with E-state index in [0.717, 1.165) is 73.4 Å². The van der Waals surface area contributed by atoms with Crippen molar-refractivity contribution in [3.05, 3.63) is 83.7 Å². The summed E-state index contributed by atoms with van der Waals surface area (Å²) in [5, 5.41) is 0. The molecule has 0 N–H and O–H groups in total. The number of carbonyl (C=O) groups excluding carboxylic acids is 1. The van der Waals surface area contributed by atoms with Crippen molar-refractivity contribution in [3.8, 4) is 22.6 Å². The second-order valence-electron chi connectivity index (χ2n) is 10.7. The molecule has 5 heteroatoms. The van der Waals surface area contributed by atoms with Gasteiger partial charge in [-0.15, -0.1) is 0 Å². The number of ketones is 1. The van der Waals surface area contributed by atoms with Gasteiger partial charge in [-0.3, -0.25) is 9.69 Å². The fourth-order valence-electron chi connectivity index (χ4n) is 6.56. The molecule has 200 valence electrons. The van der Waals surface area contributed by atoms with E-state index in [4.69, 9.17) is 9.47 Å². The number of aryl methyl sites for hydroxylation is 1. The third-order valence-electron chi connectivity index (χ3n) is 8.34. The summed E-state index contributed by atoms with van der Waals surface area (Å²) in [6.07, 6.45) is 5.65. The number of ether oxygens (including phenoxy) is 2. The molecule has 3 aromatic rings. The van der Waals surface area contributed by atoms with Gasteiger partial charge in [0.2, 0.25) is 0 Å². The molecule has 0 aromatic heterocycles. The lowest BCUT2D eigenvalue weighted by molar-refractivity contribution is -0.120. The van der Waals surface area contributed by atoms with E-state index >= 15 is 0 Å². The van der Waals surface area contributed by atoms with Crippen LogP contribution >= 0.6 is 0 Å². The monoisotopic (exact) mass is 515 g/mol. The smallest absolute Gasteiger partial charge is 0.133 e. The van der Waals surface area contributed by atoms with Crippen LogP contribution < -0.4 is 9.47 Å². The van der Waals surface area contributed by atoms with Gasteiger partial charge in [-0.25, -0.2) is 4.39 Å². The zero-order chi connectivity index (χ0) is 26.5. The van der Waals surface area contributed by atoms with Gasteiger partial charge in [0, 0.05) is 25.4 Å². The average molecular weight is 516 g/mol. The minimum absolute atomic E-state index is 0.265. The van der Waals surface area contributed by atoms with Gasteiger partial charge >= 0.3 is 0 Å². The maximum atomic E-state index is 13.6. The number of likely N-dealkylation sites (tertiary alicyclic amines) is 1. The molecular weight excluding hydrogens is 477 g/mol. The van der Waals surface area contributed by atoms with Crippen molar-refractivity contribution in [1.82, 2.24) is 4.90 Å². The van der Waals surface area contributed by atoms with Gasteiger partial charge in [-0.05, 0) is 91.9 Å². The number of hydrogen-bond donors (Lipinski definition) is 0. The van der Waals surface area contributed by atoms with E-state index in [2.05, 4.69) is 29.2 Å². The molecule has 1 unspecified atom stereocenters. The Morgan fingerprint density at radius 2 is 1.74 bits per heavy atom. The molecule has 2 aliphatic rings. The number of halogens is 1. The summed E-state index contributed by atoms with van der Waals surface area (Å²) in [5.41, 5.74) is 4.12. The van der Waals surface area contributed by atoms with E-state index < -0.39 is 0 Å². The summed E-state index contributed by atoms with van der Waals surface area (Å²) in [5.74, 6) is 2.74. The Kier molecular flexibility index (Phi) is 8.43. The molecule has 0 bridgehead atoms. The SMILES string of the molecule is CCOc1cc(CN2CC[C@H]3C(CC(=O)CCc4ccccc4)CC[C@H]32)cc(OC)c1-c1ccc(F)cc1. The number of hydrogen-bond acceptors (Lipinski definition) is 4. The third kappa shape index (κ3) is 5.94. The summed E-state index contributed by atoms with van der Waals surface area (Å²) in [4.78, 5) is 15.4. The second-order valence-corrected chi connectivity index (χ2v) is 10.7. The predicted octanol–water partition coefficient (Wildman–Crippen LogP) is 7.09. The molecule has 1 aliphatic carbocycles. The zero-order valence-electron chi connectivity index (χ0n) is 22.5. The lowest BCUT2D eigenvalue weighted by Crippen LogP contribution is -2.30. The molecule has 1 saturated heterocycles. The maximum absolute atomic E-state index is 13.6. The van der Waals surface area contributed by atoms with E-state index in [1.165, 1.54) is 17.7 Å². The molecule has 5 rings (SSSR count). The number of rotatable bonds is 11. The fraction of sp³-hybridized carbons (Fsp3) is 0.424. The van der Waals surface area contributed by atoms with Gasteiger partial charge in [0.15, 0.2) is 0 Å². The van der Waals surface area contributed by atoms with Crippen LogP contribution in [0.15, 0.2) is 66.7 Å². The number of nitrogens with zero attached hydrogens (tertiary/aromatic N) is 1. The summed E-state index contributed by atoms with van der Waals surface area (Å²) in [7, 11) is 1.67. The van der Waals surface area contributed by atoms with Gasteiger partial charge in [0.25, 0.3) is 0 Å². The first-order valence-electron chi connectivity index (χ1n) is 13.9. The van der Waals surface area contributed by atoms with E-state index in [-0.39, 0.29) is 5.82 Å². The van der Waals surface area contributed by atoms with Crippen LogP contribution in [0.3, 0.4) is 0 Å². The highest BCUT2D eigenvalue weighted by Gasteiger charge is 2.43. The van der Waals surface area contributed by atoms with Crippen LogP contribution in [-0.2, 0) is 17.8 Å². The Bertz CT molecular complexity index is 1230. The van der Waals surface area contributed by atoms with Crippen molar-refractivity contribution in [2.24, 2.45) is 11.8 Å². The summed E-state index contributed by atoms with van der Waals surface area (Å²) in [6.45, 7) is 4.39. The molecule has 4 nitrogen and oxygen atoms in total. The van der Waals surface area contributed by atoms with Crippen molar-refractivity contribution in [3.63, 3.8) is 0 Å². The number of methoxy groups -OCH3 is 1. The van der Waals surface area contributed by atoms with Crippen molar-refractivity contribution < 1.29 is 18.7 Å². The van der Waals surface area contributed by atoms with Crippen LogP contribution in [0.2, 0.25) is 0 Å². The minimum Gasteiger partial charge on any atom is -0.496 e. The molecule has 3 atom stereocenters. The van der Waals surface area contributed by atoms with Crippen LogP contribution in [0.25, 0.3) is 11.1 Å². The van der Waals surface area contributed by atoms with Crippen LogP contribution in [-0.4, -0.2) is 37.0 Å². The highest BCUT2D eigenvalue weighted by molar-refractivity contribution is 5.79. The Hall–Kier alpha value is -3.18. The maximum Gasteiger partial charge on any atom is 0.133 e. The molecule has 0 radical (unpaired) electrons. The normalized spacial score (nSPS) is 20.9. The highest BCUT2D eigenvalue weighted by atomic mass is 19.1. The minimum atomic E-state index is -0.265. The summed E-state index contributed by atoms with van der Waals surface area (Å²) >= 11 is 0. The van der Waals surface area contributed by atoms with E-state index in [1.807, 2.05) is 25.1 Å². The van der Waals surface area contributed by atoms with Gasteiger partial charge in [-0.2, -0.15) is 0 Å². The van der Waals surface area contributed by atoms with Crippen molar-refractivity contribution in [2.45, 2.75) is 58.0 Å². The van der Waals surface area contributed by atoms with E-state index in [9.17, 15) is 9.18 Å². The standard InChI is InChI=1S/C33H38FNO3/c1-3-38-32-20-24(19-31(37-2)33(32)25-10-13-27(34)14-11-25)22-35-18-17-29-26(12-16-30(29)35)21-28(36)15-9-23-7-5-4-6-8-23/h4-8,10-11,13-14,19-20,26,29-30H,3,9,12,15-18,21-22H2,1-2H3/t26?,29-,30+/m0/s1. The van der Waals surface area contributed by atoms with Crippen LogP contribution in [0, 0.1) is 17.7 Å². The first-order valence-corrected chi connectivity index (χ1v) is 13.9. The molecule has 0 amide bonds. The third-order valence-corrected chi connectivity index (χ3v) is 8.34. The second kappa shape index (κ2) is 12.1. The van der Waals surface area contributed by atoms with Gasteiger partial charge < -0.3 is 9.47 Å². The largest absolute Gasteiger partial charge is 0.496 e. The van der Waals surface area contributed by atoms with Crippen LogP contribution in [0.5, 0.6) is 11.5 Å². The Labute approximate surface area is 225 Å². The Morgan fingerprint density at radius 3 is 2.47 bits per heavy atom. The molecule has 1 heterocycles. The first kappa shape index (κ1) is 26.4. The fourth-order valence-corrected chi connectivity index (χ4v) is 6.56. The molecule has 2 fully saturated rings. The number of Topliss-reactive ketones (excluding diaryl/α,β-unsaturated/α-hetero) is 1. The number of fused-ring (bicyclic) bond motifs is 1. The van der Waals surface area contributed by atoms with Crippen molar-refractivity contribution >= 4 is 5.78 Å². The van der Waals surface area contributed by atoms with Gasteiger partial charge in [-0.1, -0.05) is 42.5 Å². The Balaban J connectivity index is 1.25. The quantitative estimate of drug-likeness (QED) is 0.273. The van der Waals surface area contributed by atoms with Crippen molar-refractivity contribution in [1.29, 1.82) is 0 Å². The summed E-state index contributed by atoms with van der Waals surface area (Å²) in [6, 6.07) is 21.5. The highest BCUT2D eigenvalue weighted by Crippen LogP contribution is 2.45. The van der Waals surface area contributed by atoms with Crippen molar-refractivity contribution in [2.75, 3.05) is 20.3 Å². The van der Waals surface area contributed by atoms with E-state index in [1.54, 1.807) is 19.2 Å². The molecule has 1 saturated carbocycles. The molecule has 1 aliphatic heterocycles. The average Bonchev–Trinajstić information content (AvgIpc) is 3.52. The summed E-state index contributed by atoms with van der Waals surface area (Å²) < 4.78 is 25.4. The van der Waals surface area contributed by atoms with Gasteiger partial charge in [0.1, 0.15) is 23.1 Å². The lowest BCUT2D eigenvalue weighted by Gasteiger charge is -2.25. The van der Waals surface area contributed by atoms with Gasteiger partial charge in [0.05, 0.1) is 19.3 Å². The van der Waals surface area contributed by atoms with E-state index in [0.29, 0.717) is 36.7 Å². The first-order chi connectivity index (χ1) is 18.6. The molecule has 0 spiro atoms. The topological polar surface area (TPSA) is 38.8 Å². The number of carbonyl (C=O) groups is 1. The Morgan fingerprint density at radius 1 is 0.974 bits per heavy atom. The lowest BCUT2D eigenvalue weighted by atomic mass is 9.88. The molecular formula is C33H38FNO3.